The van der Waals surface area contributed by atoms with Crippen LogP contribution in [0.15, 0.2) is 18.2 Å². The second kappa shape index (κ2) is 8.77. The molecule has 0 radical (unpaired) electrons. The highest BCUT2D eigenvalue weighted by Crippen LogP contribution is 2.27. The minimum atomic E-state index is 0.180. The molecule has 1 aromatic heterocycles. The van der Waals surface area contributed by atoms with Crippen molar-refractivity contribution in [1.82, 2.24) is 14.9 Å². The molecular formula is C24H39N3. The number of benzene rings is 1. The number of rotatable bonds is 8. The van der Waals surface area contributed by atoms with Gasteiger partial charge in [0.05, 0.1) is 11.0 Å². The first kappa shape index (κ1) is 20.4. The molecular weight excluding hydrogens is 330 g/mol. The Morgan fingerprint density at radius 2 is 1.89 bits per heavy atom. The van der Waals surface area contributed by atoms with E-state index >= 15 is 0 Å². The fourth-order valence-electron chi connectivity index (χ4n) is 4.34. The van der Waals surface area contributed by atoms with E-state index in [-0.39, 0.29) is 5.41 Å². The predicted molar refractivity (Wildman–Crippen MR) is 116 cm³/mol. The van der Waals surface area contributed by atoms with Crippen LogP contribution in [0, 0.1) is 5.92 Å². The fourth-order valence-corrected chi connectivity index (χ4v) is 4.34. The number of aromatic amines is 1. The lowest BCUT2D eigenvalue weighted by Gasteiger charge is -2.29. The van der Waals surface area contributed by atoms with Crippen LogP contribution in [-0.4, -0.2) is 34.0 Å². The van der Waals surface area contributed by atoms with Gasteiger partial charge in [-0.2, -0.15) is 0 Å². The highest BCUT2D eigenvalue weighted by Gasteiger charge is 2.20. The Morgan fingerprint density at radius 3 is 2.56 bits per heavy atom. The van der Waals surface area contributed by atoms with Crippen LogP contribution in [0.5, 0.6) is 0 Å². The lowest BCUT2D eigenvalue weighted by atomic mass is 9.87. The van der Waals surface area contributed by atoms with Crippen molar-refractivity contribution in [3.8, 4) is 0 Å². The average molecular weight is 370 g/mol. The number of hydrogen-bond acceptors (Lipinski definition) is 2. The number of nitrogens with zero attached hydrogens (tertiary/aromatic N) is 2. The van der Waals surface area contributed by atoms with Crippen molar-refractivity contribution in [2.24, 2.45) is 5.92 Å². The van der Waals surface area contributed by atoms with Crippen molar-refractivity contribution >= 4 is 11.0 Å². The number of H-pyrrole nitrogens is 1. The number of fused-ring (bicyclic) bond motifs is 1. The van der Waals surface area contributed by atoms with Crippen LogP contribution in [0.1, 0.15) is 84.5 Å². The van der Waals surface area contributed by atoms with E-state index < -0.39 is 0 Å². The summed E-state index contributed by atoms with van der Waals surface area (Å²) in [6.07, 6.45) is 9.29. The van der Waals surface area contributed by atoms with Crippen molar-refractivity contribution in [3.63, 3.8) is 0 Å². The summed E-state index contributed by atoms with van der Waals surface area (Å²) in [5, 5.41) is 0. The Kier molecular flexibility index (Phi) is 6.62. The molecule has 2 aromatic rings. The lowest BCUT2D eigenvalue weighted by molar-refractivity contribution is 0.184. The lowest BCUT2D eigenvalue weighted by Crippen LogP contribution is -2.35. The maximum Gasteiger partial charge on any atom is 0.107 e. The molecule has 0 spiro atoms. The molecule has 0 saturated heterocycles. The van der Waals surface area contributed by atoms with Crippen LogP contribution >= 0.6 is 0 Å². The number of aryl methyl sites for hydroxylation is 1. The Labute approximate surface area is 165 Å². The van der Waals surface area contributed by atoms with Crippen molar-refractivity contribution in [3.05, 3.63) is 29.6 Å². The second-order valence-corrected chi connectivity index (χ2v) is 9.86. The monoisotopic (exact) mass is 369 g/mol. The maximum absolute atomic E-state index is 4.80. The molecule has 0 atom stereocenters. The van der Waals surface area contributed by atoms with E-state index in [4.69, 9.17) is 4.98 Å². The fraction of sp³-hybridized carbons (Fsp3) is 0.708. The highest BCUT2D eigenvalue weighted by atomic mass is 15.1. The number of aromatic nitrogens is 2. The Morgan fingerprint density at radius 1 is 1.15 bits per heavy atom. The third kappa shape index (κ3) is 5.57. The standard InChI is InChI=1S/C24H39N3/c1-18(2)27(17-19-10-6-7-11-19)15-9-8-12-23-25-21-14-13-20(24(3,4)5)16-22(21)26-23/h13-14,16,18-19H,6-12,15,17H2,1-5H3,(H,25,26). The molecule has 0 unspecified atom stereocenters. The molecule has 3 heteroatoms. The van der Waals surface area contributed by atoms with Gasteiger partial charge < -0.3 is 9.88 Å². The zero-order valence-electron chi connectivity index (χ0n) is 18.1. The summed E-state index contributed by atoms with van der Waals surface area (Å²) in [5.41, 5.74) is 3.83. The first-order valence-electron chi connectivity index (χ1n) is 11.1. The molecule has 150 valence electrons. The molecule has 1 N–H and O–H groups in total. The number of hydrogen-bond donors (Lipinski definition) is 1. The average Bonchev–Trinajstić information content (AvgIpc) is 3.24. The van der Waals surface area contributed by atoms with Gasteiger partial charge in [-0.15, -0.1) is 0 Å². The molecule has 3 nitrogen and oxygen atoms in total. The molecule has 0 bridgehead atoms. The van der Waals surface area contributed by atoms with Gasteiger partial charge in [-0.05, 0) is 75.1 Å². The molecule has 27 heavy (non-hydrogen) atoms. The van der Waals surface area contributed by atoms with Gasteiger partial charge in [0, 0.05) is 19.0 Å². The molecule has 0 amide bonds. The molecule has 1 aliphatic rings. The minimum Gasteiger partial charge on any atom is -0.342 e. The molecule has 1 heterocycles. The topological polar surface area (TPSA) is 31.9 Å². The van der Waals surface area contributed by atoms with E-state index in [1.807, 2.05) is 0 Å². The smallest absolute Gasteiger partial charge is 0.107 e. The van der Waals surface area contributed by atoms with Crippen LogP contribution in [0.25, 0.3) is 11.0 Å². The molecule has 1 fully saturated rings. The first-order valence-corrected chi connectivity index (χ1v) is 11.1. The Bertz CT molecular complexity index is 717. The van der Waals surface area contributed by atoms with Gasteiger partial charge in [0.15, 0.2) is 0 Å². The quantitative estimate of drug-likeness (QED) is 0.571. The van der Waals surface area contributed by atoms with Crippen LogP contribution in [0.2, 0.25) is 0 Å². The summed E-state index contributed by atoms with van der Waals surface area (Å²) in [6.45, 7) is 14.0. The van der Waals surface area contributed by atoms with Gasteiger partial charge in [-0.25, -0.2) is 4.98 Å². The summed E-state index contributed by atoms with van der Waals surface area (Å²) in [7, 11) is 0. The van der Waals surface area contributed by atoms with E-state index in [1.54, 1.807) is 0 Å². The van der Waals surface area contributed by atoms with Crippen molar-refractivity contribution in [1.29, 1.82) is 0 Å². The van der Waals surface area contributed by atoms with Gasteiger partial charge in [-0.3, -0.25) is 0 Å². The Hall–Kier alpha value is -1.35. The van der Waals surface area contributed by atoms with E-state index in [0.717, 1.165) is 23.7 Å². The molecule has 3 rings (SSSR count). The van der Waals surface area contributed by atoms with Gasteiger partial charge in [0.25, 0.3) is 0 Å². The Balaban J connectivity index is 1.50. The van der Waals surface area contributed by atoms with E-state index in [9.17, 15) is 0 Å². The summed E-state index contributed by atoms with van der Waals surface area (Å²) in [4.78, 5) is 11.1. The third-order valence-electron chi connectivity index (χ3n) is 6.20. The van der Waals surface area contributed by atoms with Crippen LogP contribution in [-0.2, 0) is 11.8 Å². The first-order chi connectivity index (χ1) is 12.8. The highest BCUT2D eigenvalue weighted by molar-refractivity contribution is 5.76. The summed E-state index contributed by atoms with van der Waals surface area (Å²) < 4.78 is 0. The van der Waals surface area contributed by atoms with E-state index in [1.165, 1.54) is 62.7 Å². The van der Waals surface area contributed by atoms with Crippen molar-refractivity contribution in [2.75, 3.05) is 13.1 Å². The van der Waals surface area contributed by atoms with Crippen LogP contribution in [0.4, 0.5) is 0 Å². The summed E-state index contributed by atoms with van der Waals surface area (Å²) in [6, 6.07) is 7.32. The number of nitrogens with one attached hydrogen (secondary N) is 1. The number of unbranched alkanes of at least 4 members (excludes halogenated alkanes) is 1. The zero-order valence-corrected chi connectivity index (χ0v) is 18.1. The van der Waals surface area contributed by atoms with E-state index in [2.05, 4.69) is 62.7 Å². The van der Waals surface area contributed by atoms with Crippen LogP contribution in [0.3, 0.4) is 0 Å². The maximum atomic E-state index is 4.80. The third-order valence-corrected chi connectivity index (χ3v) is 6.20. The summed E-state index contributed by atoms with van der Waals surface area (Å²) >= 11 is 0. The summed E-state index contributed by atoms with van der Waals surface area (Å²) in [5.74, 6) is 2.09. The SMILES string of the molecule is CC(C)N(CCCCc1nc2ccc(C(C)(C)C)cc2[nH]1)CC1CCCC1. The molecule has 1 saturated carbocycles. The minimum absolute atomic E-state index is 0.180. The van der Waals surface area contributed by atoms with E-state index in [0.29, 0.717) is 6.04 Å². The molecule has 0 aliphatic heterocycles. The largest absolute Gasteiger partial charge is 0.342 e. The van der Waals surface area contributed by atoms with Crippen molar-refractivity contribution < 1.29 is 0 Å². The van der Waals surface area contributed by atoms with Gasteiger partial charge in [0.1, 0.15) is 5.82 Å². The molecule has 1 aliphatic carbocycles. The van der Waals surface area contributed by atoms with Gasteiger partial charge in [0.2, 0.25) is 0 Å². The second-order valence-electron chi connectivity index (χ2n) is 9.86. The van der Waals surface area contributed by atoms with Gasteiger partial charge in [-0.1, -0.05) is 39.7 Å². The van der Waals surface area contributed by atoms with Gasteiger partial charge >= 0.3 is 0 Å². The van der Waals surface area contributed by atoms with Crippen LogP contribution < -0.4 is 0 Å². The number of imidazole rings is 1. The predicted octanol–water partition coefficient (Wildman–Crippen LogP) is 6.08. The van der Waals surface area contributed by atoms with Crippen molar-refractivity contribution in [2.45, 2.75) is 91.0 Å². The molecule has 1 aromatic carbocycles. The zero-order chi connectivity index (χ0) is 19.4. The normalized spacial score (nSPS) is 16.3.